The fourth-order valence-corrected chi connectivity index (χ4v) is 2.47. The molecule has 0 saturated carbocycles. The Balaban J connectivity index is 1.54. The minimum Gasteiger partial charge on any atom is -0.375 e. The first-order valence-electron chi connectivity index (χ1n) is 7.68. The van der Waals surface area contributed by atoms with Gasteiger partial charge in [0.2, 0.25) is 11.8 Å². The smallest absolute Gasteiger partial charge is 0.228 e. The quantitative estimate of drug-likeness (QED) is 0.853. The first-order valence-corrected chi connectivity index (χ1v) is 7.68. The number of fused-ring (bicyclic) bond motifs is 1. The maximum atomic E-state index is 12.1. The van der Waals surface area contributed by atoms with E-state index in [9.17, 15) is 9.59 Å². The van der Waals surface area contributed by atoms with Gasteiger partial charge in [-0.05, 0) is 17.2 Å². The fourth-order valence-electron chi connectivity index (χ4n) is 2.47. The lowest BCUT2D eigenvalue weighted by Gasteiger charge is -2.11. The van der Waals surface area contributed by atoms with E-state index in [0.717, 1.165) is 22.5 Å². The van der Waals surface area contributed by atoms with Crippen LogP contribution >= 0.6 is 0 Å². The van der Waals surface area contributed by atoms with E-state index in [-0.39, 0.29) is 24.8 Å². The summed E-state index contributed by atoms with van der Waals surface area (Å²) in [5.74, 6) is 0.444. The van der Waals surface area contributed by atoms with Crippen molar-refractivity contribution in [2.24, 2.45) is 0 Å². The lowest BCUT2D eigenvalue weighted by Crippen LogP contribution is -2.25. The van der Waals surface area contributed by atoms with Crippen molar-refractivity contribution in [3.05, 3.63) is 47.5 Å². The number of nitrogens with one attached hydrogen (secondary N) is 2. The maximum Gasteiger partial charge on any atom is 0.228 e. The molecule has 3 rings (SSSR count). The Morgan fingerprint density at radius 3 is 2.75 bits per heavy atom. The third kappa shape index (κ3) is 3.68. The molecule has 1 aromatic heterocycles. The Labute approximate surface area is 140 Å². The molecule has 1 aliphatic heterocycles. The molecule has 2 heterocycles. The van der Waals surface area contributed by atoms with E-state index in [1.165, 1.54) is 0 Å². The Bertz CT molecular complexity index is 771. The Kier molecular flexibility index (Phi) is 4.41. The van der Waals surface area contributed by atoms with E-state index < -0.39 is 0 Å². The van der Waals surface area contributed by atoms with Crippen molar-refractivity contribution in [2.75, 3.05) is 24.3 Å². The number of carbonyl (C=O) groups excluding carboxylic acids is 2. The topological polar surface area (TPSA) is 87.2 Å². The van der Waals surface area contributed by atoms with Gasteiger partial charge in [-0.1, -0.05) is 12.1 Å². The summed E-state index contributed by atoms with van der Waals surface area (Å²) in [6.45, 7) is 0.286. The Hall–Kier alpha value is -2.96. The van der Waals surface area contributed by atoms with Gasteiger partial charge in [-0.25, -0.2) is 9.97 Å². The number of rotatable bonds is 5. The summed E-state index contributed by atoms with van der Waals surface area (Å²) < 4.78 is 0. The summed E-state index contributed by atoms with van der Waals surface area (Å²) >= 11 is 0. The van der Waals surface area contributed by atoms with Crippen LogP contribution in [0.25, 0.3) is 0 Å². The molecule has 0 atom stereocenters. The van der Waals surface area contributed by atoms with Crippen LogP contribution in [0.3, 0.4) is 0 Å². The molecule has 124 valence electrons. The number of amides is 2. The summed E-state index contributed by atoms with van der Waals surface area (Å²) in [4.78, 5) is 33.8. The van der Waals surface area contributed by atoms with Crippen molar-refractivity contribution in [3.63, 3.8) is 0 Å². The number of benzene rings is 1. The van der Waals surface area contributed by atoms with Crippen LogP contribution in [-0.4, -0.2) is 35.9 Å². The second-order valence-corrected chi connectivity index (χ2v) is 5.92. The normalized spacial score (nSPS) is 12.5. The third-order valence-corrected chi connectivity index (χ3v) is 3.82. The highest BCUT2D eigenvalue weighted by Gasteiger charge is 2.17. The highest BCUT2D eigenvalue weighted by atomic mass is 16.2. The predicted octanol–water partition coefficient (Wildman–Crippen LogP) is 0.896. The molecule has 1 aromatic carbocycles. The molecular formula is C17H19N5O2. The predicted molar refractivity (Wildman–Crippen MR) is 90.7 cm³/mol. The van der Waals surface area contributed by atoms with Crippen LogP contribution in [0.15, 0.2) is 30.6 Å². The fraction of sp³-hybridized carbons (Fsp3) is 0.294. The van der Waals surface area contributed by atoms with E-state index in [2.05, 4.69) is 20.6 Å². The summed E-state index contributed by atoms with van der Waals surface area (Å²) in [6.07, 6.45) is 4.09. The van der Waals surface area contributed by atoms with Crippen LogP contribution < -0.4 is 15.5 Å². The first kappa shape index (κ1) is 15.9. The van der Waals surface area contributed by atoms with Crippen molar-refractivity contribution in [1.82, 2.24) is 15.3 Å². The van der Waals surface area contributed by atoms with Gasteiger partial charge >= 0.3 is 0 Å². The Morgan fingerprint density at radius 1 is 1.29 bits per heavy atom. The molecule has 24 heavy (non-hydrogen) atoms. The number of anilines is 2. The van der Waals surface area contributed by atoms with Crippen molar-refractivity contribution in [1.29, 1.82) is 0 Å². The average molecular weight is 325 g/mol. The van der Waals surface area contributed by atoms with Gasteiger partial charge in [0.15, 0.2) is 0 Å². The molecule has 1 aliphatic rings. The van der Waals surface area contributed by atoms with Gasteiger partial charge in [0.1, 0.15) is 5.82 Å². The SMILES string of the molecule is CN(C)c1cnc(CNC(=O)Cc2ccc3c(c2)NC(=O)C3)nc1. The van der Waals surface area contributed by atoms with Crippen molar-refractivity contribution >= 4 is 23.2 Å². The zero-order valence-electron chi connectivity index (χ0n) is 13.7. The average Bonchev–Trinajstić information content (AvgIpc) is 2.92. The van der Waals surface area contributed by atoms with Crippen LogP contribution in [-0.2, 0) is 29.0 Å². The summed E-state index contributed by atoms with van der Waals surface area (Å²) in [7, 11) is 3.83. The van der Waals surface area contributed by atoms with Gasteiger partial charge in [-0.3, -0.25) is 9.59 Å². The zero-order chi connectivity index (χ0) is 17.1. The second-order valence-electron chi connectivity index (χ2n) is 5.92. The van der Waals surface area contributed by atoms with E-state index >= 15 is 0 Å². The molecule has 7 nitrogen and oxygen atoms in total. The highest BCUT2D eigenvalue weighted by Crippen LogP contribution is 2.24. The lowest BCUT2D eigenvalue weighted by atomic mass is 10.1. The van der Waals surface area contributed by atoms with Crippen LogP contribution in [0.4, 0.5) is 11.4 Å². The van der Waals surface area contributed by atoms with Crippen LogP contribution in [0.1, 0.15) is 17.0 Å². The van der Waals surface area contributed by atoms with E-state index in [1.54, 1.807) is 12.4 Å². The molecule has 2 aromatic rings. The van der Waals surface area contributed by atoms with Gasteiger partial charge in [0.05, 0.1) is 37.5 Å². The molecule has 0 aliphatic carbocycles. The lowest BCUT2D eigenvalue weighted by molar-refractivity contribution is -0.120. The summed E-state index contributed by atoms with van der Waals surface area (Å²) in [5, 5.41) is 5.60. The van der Waals surface area contributed by atoms with Gasteiger partial charge in [-0.2, -0.15) is 0 Å². The molecule has 0 bridgehead atoms. The number of carbonyl (C=O) groups is 2. The van der Waals surface area contributed by atoms with Crippen LogP contribution in [0, 0.1) is 0 Å². The van der Waals surface area contributed by atoms with E-state index in [4.69, 9.17) is 0 Å². The molecule has 0 unspecified atom stereocenters. The molecular weight excluding hydrogens is 306 g/mol. The molecule has 0 fully saturated rings. The highest BCUT2D eigenvalue weighted by molar-refractivity contribution is 5.99. The second kappa shape index (κ2) is 6.66. The minimum atomic E-state index is -0.112. The van der Waals surface area contributed by atoms with Crippen molar-refractivity contribution < 1.29 is 9.59 Å². The molecule has 0 spiro atoms. The summed E-state index contributed by atoms with van der Waals surface area (Å²) in [5.41, 5.74) is 3.54. The van der Waals surface area contributed by atoms with Crippen molar-refractivity contribution in [2.45, 2.75) is 19.4 Å². The molecule has 2 amide bonds. The largest absolute Gasteiger partial charge is 0.375 e. The van der Waals surface area contributed by atoms with E-state index in [1.807, 2.05) is 37.2 Å². The molecule has 2 N–H and O–H groups in total. The monoisotopic (exact) mass is 325 g/mol. The number of nitrogens with zero attached hydrogens (tertiary/aromatic N) is 3. The van der Waals surface area contributed by atoms with Crippen LogP contribution in [0.2, 0.25) is 0 Å². The standard InChI is InChI=1S/C17H19N5O2/c1-22(2)13-8-18-15(19-9-13)10-20-16(23)6-11-3-4-12-7-17(24)21-14(12)5-11/h3-5,8-9H,6-7,10H2,1-2H3,(H,20,23)(H,21,24). The van der Waals surface area contributed by atoms with Crippen molar-refractivity contribution in [3.8, 4) is 0 Å². The van der Waals surface area contributed by atoms with Gasteiger partial charge in [0, 0.05) is 19.8 Å². The first-order chi connectivity index (χ1) is 11.5. The number of hydrogen-bond donors (Lipinski definition) is 2. The molecule has 0 saturated heterocycles. The third-order valence-electron chi connectivity index (χ3n) is 3.82. The Morgan fingerprint density at radius 2 is 2.04 bits per heavy atom. The maximum absolute atomic E-state index is 12.1. The van der Waals surface area contributed by atoms with Gasteiger partial charge in [-0.15, -0.1) is 0 Å². The zero-order valence-corrected chi connectivity index (χ0v) is 13.7. The van der Waals surface area contributed by atoms with Crippen LogP contribution in [0.5, 0.6) is 0 Å². The number of aromatic nitrogens is 2. The van der Waals surface area contributed by atoms with Gasteiger partial charge < -0.3 is 15.5 Å². The molecule has 7 heteroatoms. The summed E-state index contributed by atoms with van der Waals surface area (Å²) in [6, 6.07) is 5.61. The minimum absolute atomic E-state index is 0.00933. The van der Waals surface area contributed by atoms with Gasteiger partial charge in [0.25, 0.3) is 0 Å². The molecule has 0 radical (unpaired) electrons. The number of hydrogen-bond acceptors (Lipinski definition) is 5. The van der Waals surface area contributed by atoms with E-state index in [0.29, 0.717) is 12.2 Å².